The van der Waals surface area contributed by atoms with Gasteiger partial charge in [0, 0.05) is 55.6 Å². The SMILES string of the molecule is CC(C)C(Oc1ccc(CNC(=O)[C@@H]2SCCN2C(=O)C[C@H](N)Cc2cc(F)c(F)cc2F)cn1)C(=O)O. The summed E-state index contributed by atoms with van der Waals surface area (Å²) < 4.78 is 45.9. The van der Waals surface area contributed by atoms with Crippen LogP contribution < -0.4 is 15.8 Å². The number of carbonyl (C=O) groups excluding carboxylic acids is 2. The molecule has 0 saturated carbocycles. The van der Waals surface area contributed by atoms with E-state index in [-0.39, 0.29) is 36.7 Å². The van der Waals surface area contributed by atoms with Crippen molar-refractivity contribution in [2.75, 3.05) is 12.3 Å². The number of pyridine rings is 1. The van der Waals surface area contributed by atoms with E-state index in [1.54, 1.807) is 19.9 Å². The predicted molar refractivity (Wildman–Crippen MR) is 134 cm³/mol. The minimum absolute atomic E-state index is 0.118. The van der Waals surface area contributed by atoms with Crippen LogP contribution in [0.3, 0.4) is 0 Å². The first-order valence-corrected chi connectivity index (χ1v) is 12.9. The maximum atomic E-state index is 13.9. The average molecular weight is 555 g/mol. The van der Waals surface area contributed by atoms with Crippen LogP contribution in [-0.4, -0.2) is 62.6 Å². The molecular weight excluding hydrogens is 525 g/mol. The summed E-state index contributed by atoms with van der Waals surface area (Å²) in [5.41, 5.74) is 6.48. The molecule has 0 aliphatic carbocycles. The largest absolute Gasteiger partial charge is 0.478 e. The highest BCUT2D eigenvalue weighted by Gasteiger charge is 2.35. The second-order valence-corrected chi connectivity index (χ2v) is 10.4. The highest BCUT2D eigenvalue weighted by molar-refractivity contribution is 8.00. The fourth-order valence-corrected chi connectivity index (χ4v) is 4.99. The Hall–Kier alpha value is -3.32. The van der Waals surface area contributed by atoms with Crippen LogP contribution in [0.25, 0.3) is 0 Å². The number of hydrogen-bond donors (Lipinski definition) is 3. The van der Waals surface area contributed by atoms with E-state index in [2.05, 4.69) is 10.3 Å². The topological polar surface area (TPSA) is 135 Å². The van der Waals surface area contributed by atoms with E-state index in [9.17, 15) is 32.7 Å². The zero-order valence-corrected chi connectivity index (χ0v) is 21.6. The van der Waals surface area contributed by atoms with Crippen molar-refractivity contribution in [3.05, 3.63) is 59.0 Å². The van der Waals surface area contributed by atoms with Crippen LogP contribution in [0.4, 0.5) is 13.2 Å². The second kappa shape index (κ2) is 13.0. The van der Waals surface area contributed by atoms with Crippen molar-refractivity contribution in [2.45, 2.75) is 50.8 Å². The number of carboxylic acid groups (broad SMARTS) is 1. The third-order valence-corrected chi connectivity index (χ3v) is 7.01. The van der Waals surface area contributed by atoms with Gasteiger partial charge in [-0.25, -0.2) is 22.9 Å². The summed E-state index contributed by atoms with van der Waals surface area (Å²) in [7, 11) is 0. The Morgan fingerprint density at radius 1 is 1.21 bits per heavy atom. The maximum absolute atomic E-state index is 13.9. The van der Waals surface area contributed by atoms with Gasteiger partial charge in [-0.1, -0.05) is 19.9 Å². The first-order chi connectivity index (χ1) is 18.0. The van der Waals surface area contributed by atoms with Gasteiger partial charge in [-0.2, -0.15) is 0 Å². The van der Waals surface area contributed by atoms with Crippen LogP contribution in [0, 0.1) is 23.4 Å². The Labute approximate surface area is 221 Å². The van der Waals surface area contributed by atoms with Crippen molar-refractivity contribution >= 4 is 29.5 Å². The number of nitrogens with zero attached hydrogens (tertiary/aromatic N) is 2. The first kappa shape index (κ1) is 29.2. The Kier molecular flexibility index (Phi) is 9.97. The van der Waals surface area contributed by atoms with Gasteiger partial charge in [0.1, 0.15) is 5.82 Å². The van der Waals surface area contributed by atoms with E-state index in [1.807, 2.05) is 0 Å². The number of amides is 2. The lowest BCUT2D eigenvalue weighted by Gasteiger charge is -2.24. The van der Waals surface area contributed by atoms with Crippen LogP contribution in [0.15, 0.2) is 30.5 Å². The smallest absolute Gasteiger partial charge is 0.345 e. The van der Waals surface area contributed by atoms with Crippen molar-refractivity contribution in [1.82, 2.24) is 15.2 Å². The Balaban J connectivity index is 1.52. The van der Waals surface area contributed by atoms with E-state index in [1.165, 1.54) is 28.9 Å². The highest BCUT2D eigenvalue weighted by atomic mass is 32.2. The number of nitrogens with two attached hydrogens (primary N) is 1. The van der Waals surface area contributed by atoms with Crippen molar-refractivity contribution < 1.29 is 37.4 Å². The van der Waals surface area contributed by atoms with Gasteiger partial charge < -0.3 is 25.8 Å². The molecule has 3 rings (SSSR count). The summed E-state index contributed by atoms with van der Waals surface area (Å²) in [5, 5.41) is 11.2. The average Bonchev–Trinajstić information content (AvgIpc) is 3.35. The number of halogens is 3. The van der Waals surface area contributed by atoms with Crippen LogP contribution in [0.5, 0.6) is 5.88 Å². The molecule has 0 radical (unpaired) electrons. The number of carboxylic acids is 1. The monoisotopic (exact) mass is 554 g/mol. The molecule has 4 N–H and O–H groups in total. The van der Waals surface area contributed by atoms with Crippen LogP contribution in [0.2, 0.25) is 0 Å². The third kappa shape index (κ3) is 7.60. The Morgan fingerprint density at radius 3 is 2.55 bits per heavy atom. The fourth-order valence-electron chi connectivity index (χ4n) is 3.82. The minimum atomic E-state index is -1.31. The standard InChI is InChI=1S/C25H29F3N4O5S/c1-13(2)22(25(35)36)37-20-4-3-14(11-30-20)12-31-23(34)24-32(5-6-38-24)21(33)9-16(29)7-15-8-18(27)19(28)10-17(15)26/h3-4,8,10-11,13,16,22,24H,5-7,9,12,29H2,1-2H3,(H,31,34)(H,35,36)/t16-,22?,24+/m1/s1. The van der Waals surface area contributed by atoms with E-state index in [0.29, 0.717) is 23.9 Å². The molecule has 1 unspecified atom stereocenters. The summed E-state index contributed by atoms with van der Waals surface area (Å²) in [4.78, 5) is 42.4. The van der Waals surface area contributed by atoms with Gasteiger partial charge in [-0.15, -0.1) is 11.8 Å². The van der Waals surface area contributed by atoms with E-state index < -0.39 is 52.8 Å². The molecule has 1 saturated heterocycles. The molecule has 1 fully saturated rings. The number of hydrogen-bond acceptors (Lipinski definition) is 7. The van der Waals surface area contributed by atoms with Crippen molar-refractivity contribution in [3.63, 3.8) is 0 Å². The first-order valence-electron chi connectivity index (χ1n) is 11.9. The highest BCUT2D eigenvalue weighted by Crippen LogP contribution is 2.25. The van der Waals surface area contributed by atoms with Gasteiger partial charge in [0.2, 0.25) is 11.8 Å². The molecule has 1 aromatic carbocycles. The number of carbonyl (C=O) groups is 3. The summed E-state index contributed by atoms with van der Waals surface area (Å²) in [6, 6.07) is 3.45. The molecule has 1 aromatic heterocycles. The number of rotatable bonds is 11. The summed E-state index contributed by atoms with van der Waals surface area (Å²) >= 11 is 1.28. The molecule has 0 spiro atoms. The molecule has 1 aliphatic heterocycles. The zero-order chi connectivity index (χ0) is 28.0. The normalized spacial score (nSPS) is 16.8. The number of ether oxygens (including phenoxy) is 1. The Morgan fingerprint density at radius 2 is 1.92 bits per heavy atom. The van der Waals surface area contributed by atoms with Crippen LogP contribution >= 0.6 is 11.8 Å². The van der Waals surface area contributed by atoms with E-state index in [4.69, 9.17) is 10.5 Å². The maximum Gasteiger partial charge on any atom is 0.345 e. The third-order valence-electron chi connectivity index (χ3n) is 5.80. The zero-order valence-electron chi connectivity index (χ0n) is 20.8. The summed E-state index contributed by atoms with van der Waals surface area (Å²) in [5.74, 6) is -4.94. The molecule has 9 nitrogen and oxygen atoms in total. The van der Waals surface area contributed by atoms with Crippen LogP contribution in [0.1, 0.15) is 31.4 Å². The molecule has 3 atom stereocenters. The lowest BCUT2D eigenvalue weighted by molar-refractivity contribution is -0.147. The molecule has 2 heterocycles. The number of benzene rings is 1. The minimum Gasteiger partial charge on any atom is -0.478 e. The van der Waals surface area contributed by atoms with E-state index in [0.717, 1.165) is 6.07 Å². The molecule has 0 bridgehead atoms. The molecule has 38 heavy (non-hydrogen) atoms. The number of nitrogens with one attached hydrogen (secondary N) is 1. The molecule has 2 amide bonds. The quantitative estimate of drug-likeness (QED) is 0.361. The molecule has 13 heteroatoms. The number of aliphatic carboxylic acids is 1. The van der Waals surface area contributed by atoms with E-state index >= 15 is 0 Å². The fraction of sp³-hybridized carbons (Fsp3) is 0.440. The molecule has 2 aromatic rings. The molecule has 1 aliphatic rings. The van der Waals surface area contributed by atoms with Crippen LogP contribution in [-0.2, 0) is 27.3 Å². The van der Waals surface area contributed by atoms with Gasteiger partial charge in [-0.05, 0) is 23.6 Å². The van der Waals surface area contributed by atoms with Crippen molar-refractivity contribution in [1.29, 1.82) is 0 Å². The number of thioether (sulfide) groups is 1. The molecular formula is C25H29F3N4O5S. The Bertz CT molecular complexity index is 1170. The van der Waals surface area contributed by atoms with Gasteiger partial charge >= 0.3 is 5.97 Å². The van der Waals surface area contributed by atoms with Gasteiger partial charge in [-0.3, -0.25) is 9.59 Å². The lowest BCUT2D eigenvalue weighted by Crippen LogP contribution is -2.46. The van der Waals surface area contributed by atoms with Gasteiger partial charge in [0.15, 0.2) is 23.1 Å². The van der Waals surface area contributed by atoms with Gasteiger partial charge in [0.05, 0.1) is 0 Å². The summed E-state index contributed by atoms with van der Waals surface area (Å²) in [6.07, 6.45) is 0.0293. The number of aromatic nitrogens is 1. The van der Waals surface area contributed by atoms with Crippen molar-refractivity contribution in [2.24, 2.45) is 11.7 Å². The second-order valence-electron chi connectivity index (χ2n) is 9.18. The molecule has 206 valence electrons. The van der Waals surface area contributed by atoms with Gasteiger partial charge in [0.25, 0.3) is 5.91 Å². The van der Waals surface area contributed by atoms with Crippen molar-refractivity contribution in [3.8, 4) is 5.88 Å². The summed E-state index contributed by atoms with van der Waals surface area (Å²) in [6.45, 7) is 3.88. The predicted octanol–water partition coefficient (Wildman–Crippen LogP) is 2.46. The lowest BCUT2D eigenvalue weighted by atomic mass is 10.0.